The van der Waals surface area contributed by atoms with Crippen LogP contribution in [0.15, 0.2) is 23.3 Å². The van der Waals surface area contributed by atoms with Crippen LogP contribution in [0.5, 0.6) is 0 Å². The van der Waals surface area contributed by atoms with Gasteiger partial charge in [-0.25, -0.2) is 4.98 Å². The van der Waals surface area contributed by atoms with E-state index in [0.29, 0.717) is 5.15 Å². The van der Waals surface area contributed by atoms with Crippen LogP contribution in [-0.4, -0.2) is 55.1 Å². The van der Waals surface area contributed by atoms with Gasteiger partial charge in [0.25, 0.3) is 0 Å². The molecule has 1 aliphatic heterocycles. The van der Waals surface area contributed by atoms with Crippen molar-refractivity contribution >= 4 is 17.6 Å². The number of hydrogen-bond acceptors (Lipinski definition) is 3. The highest BCUT2D eigenvalue weighted by Crippen LogP contribution is 2.15. The zero-order valence-electron chi connectivity index (χ0n) is 14.9. The molecule has 2 rings (SSSR count). The summed E-state index contributed by atoms with van der Waals surface area (Å²) >= 11 is 5.81. The van der Waals surface area contributed by atoms with Gasteiger partial charge in [-0.3, -0.25) is 4.99 Å². The number of guanidine groups is 1. The fourth-order valence-corrected chi connectivity index (χ4v) is 2.92. The molecule has 1 aromatic heterocycles. The third kappa shape index (κ3) is 7.05. The molecule has 6 heteroatoms. The molecule has 0 bridgehead atoms. The van der Waals surface area contributed by atoms with Crippen molar-refractivity contribution in [3.63, 3.8) is 0 Å². The molecule has 0 aromatic carbocycles. The van der Waals surface area contributed by atoms with Crippen molar-refractivity contribution in [3.05, 3.63) is 29.0 Å². The summed E-state index contributed by atoms with van der Waals surface area (Å²) in [5.41, 5.74) is 1.17. The van der Waals surface area contributed by atoms with Gasteiger partial charge in [0.1, 0.15) is 5.15 Å². The number of halogens is 1. The first kappa shape index (κ1) is 19.0. The summed E-state index contributed by atoms with van der Waals surface area (Å²) < 4.78 is 0. The standard InChI is InChI=1S/C18H30ClN5/c1-3-20-18(21-9-6-16-4-5-17(19)23-14-16)22-10-13-24-11-7-15(2)8-12-24/h4-5,14-15H,3,6-13H2,1-2H3,(H2,20,21,22). The maximum Gasteiger partial charge on any atom is 0.191 e. The van der Waals surface area contributed by atoms with Gasteiger partial charge in [-0.2, -0.15) is 0 Å². The lowest BCUT2D eigenvalue weighted by atomic mass is 9.99. The van der Waals surface area contributed by atoms with Crippen LogP contribution >= 0.6 is 11.6 Å². The Kier molecular flexibility index (Phi) is 8.33. The largest absolute Gasteiger partial charge is 0.357 e. The average Bonchev–Trinajstić information content (AvgIpc) is 2.58. The van der Waals surface area contributed by atoms with Crippen LogP contribution in [0.25, 0.3) is 0 Å². The molecule has 0 spiro atoms. The van der Waals surface area contributed by atoms with Gasteiger partial charge in [-0.1, -0.05) is 24.6 Å². The molecule has 134 valence electrons. The van der Waals surface area contributed by atoms with Crippen LogP contribution < -0.4 is 10.6 Å². The Morgan fingerprint density at radius 3 is 2.79 bits per heavy atom. The van der Waals surface area contributed by atoms with E-state index in [2.05, 4.69) is 39.4 Å². The smallest absolute Gasteiger partial charge is 0.191 e. The lowest BCUT2D eigenvalue weighted by Gasteiger charge is -2.29. The summed E-state index contributed by atoms with van der Waals surface area (Å²) in [6, 6.07) is 3.84. The molecule has 1 aromatic rings. The van der Waals surface area contributed by atoms with Crippen molar-refractivity contribution in [2.75, 3.05) is 39.3 Å². The van der Waals surface area contributed by atoms with Crippen molar-refractivity contribution in [2.24, 2.45) is 10.9 Å². The maximum atomic E-state index is 5.81. The number of piperidine rings is 1. The van der Waals surface area contributed by atoms with Crippen molar-refractivity contribution in [1.82, 2.24) is 20.5 Å². The van der Waals surface area contributed by atoms with Gasteiger partial charge in [0, 0.05) is 25.8 Å². The van der Waals surface area contributed by atoms with E-state index in [9.17, 15) is 0 Å². The fourth-order valence-electron chi connectivity index (χ4n) is 2.81. The molecular formula is C18H30ClN5. The maximum absolute atomic E-state index is 5.81. The summed E-state index contributed by atoms with van der Waals surface area (Å²) in [6.45, 7) is 10.4. The number of aromatic nitrogens is 1. The Bertz CT molecular complexity index is 495. The highest BCUT2D eigenvalue weighted by atomic mass is 35.5. The molecule has 0 unspecified atom stereocenters. The summed E-state index contributed by atoms with van der Waals surface area (Å²) in [4.78, 5) is 11.3. The summed E-state index contributed by atoms with van der Waals surface area (Å²) in [5, 5.41) is 7.23. The van der Waals surface area contributed by atoms with Gasteiger partial charge in [0.2, 0.25) is 0 Å². The van der Waals surface area contributed by atoms with Gasteiger partial charge in [-0.05, 0) is 56.8 Å². The number of nitrogens with zero attached hydrogens (tertiary/aromatic N) is 3. The minimum atomic E-state index is 0.536. The Hall–Kier alpha value is -1.33. The van der Waals surface area contributed by atoms with Crippen molar-refractivity contribution in [2.45, 2.75) is 33.1 Å². The van der Waals surface area contributed by atoms with Crippen LogP contribution in [0.3, 0.4) is 0 Å². The van der Waals surface area contributed by atoms with Crippen molar-refractivity contribution < 1.29 is 0 Å². The number of aliphatic imine (C=N–C) groups is 1. The third-order valence-corrected chi connectivity index (χ3v) is 4.62. The number of likely N-dealkylation sites (tertiary alicyclic amines) is 1. The molecular weight excluding hydrogens is 322 g/mol. The fraction of sp³-hybridized carbons (Fsp3) is 0.667. The molecule has 0 radical (unpaired) electrons. The molecule has 5 nitrogen and oxygen atoms in total. The lowest BCUT2D eigenvalue weighted by molar-refractivity contribution is 0.197. The second-order valence-corrected chi connectivity index (χ2v) is 6.84. The molecule has 1 fully saturated rings. The van der Waals surface area contributed by atoms with Gasteiger partial charge < -0.3 is 15.5 Å². The first-order valence-electron chi connectivity index (χ1n) is 9.02. The lowest BCUT2D eigenvalue weighted by Crippen LogP contribution is -2.39. The molecule has 0 atom stereocenters. The molecule has 1 saturated heterocycles. The molecule has 2 heterocycles. The predicted molar refractivity (Wildman–Crippen MR) is 102 cm³/mol. The predicted octanol–water partition coefficient (Wildman–Crippen LogP) is 2.56. The van der Waals surface area contributed by atoms with E-state index in [-0.39, 0.29) is 0 Å². The van der Waals surface area contributed by atoms with E-state index < -0.39 is 0 Å². The zero-order chi connectivity index (χ0) is 17.2. The van der Waals surface area contributed by atoms with Gasteiger partial charge in [0.05, 0.1) is 6.54 Å². The molecule has 0 amide bonds. The quantitative estimate of drug-likeness (QED) is 0.450. The molecule has 0 aliphatic carbocycles. The summed E-state index contributed by atoms with van der Waals surface area (Å²) in [5.74, 6) is 1.77. The van der Waals surface area contributed by atoms with Crippen molar-refractivity contribution in [3.8, 4) is 0 Å². The van der Waals surface area contributed by atoms with E-state index >= 15 is 0 Å². The van der Waals surface area contributed by atoms with Crippen LogP contribution in [0.1, 0.15) is 32.3 Å². The molecule has 24 heavy (non-hydrogen) atoms. The summed E-state index contributed by atoms with van der Waals surface area (Å²) in [7, 11) is 0. The Morgan fingerprint density at radius 2 is 2.12 bits per heavy atom. The van der Waals surface area contributed by atoms with Crippen LogP contribution in [-0.2, 0) is 6.42 Å². The number of hydrogen-bond donors (Lipinski definition) is 2. The number of rotatable bonds is 7. The zero-order valence-corrected chi connectivity index (χ0v) is 15.6. The molecule has 1 aliphatic rings. The first-order chi connectivity index (χ1) is 11.7. The number of nitrogens with one attached hydrogen (secondary N) is 2. The SMILES string of the molecule is CCNC(=NCCN1CCC(C)CC1)NCCc1ccc(Cl)nc1. The van der Waals surface area contributed by atoms with Crippen LogP contribution in [0.2, 0.25) is 5.15 Å². The van der Waals surface area contributed by atoms with E-state index in [0.717, 1.165) is 44.5 Å². The van der Waals surface area contributed by atoms with Gasteiger partial charge in [-0.15, -0.1) is 0 Å². The molecule has 2 N–H and O–H groups in total. The highest BCUT2D eigenvalue weighted by Gasteiger charge is 2.14. The second kappa shape index (κ2) is 10.5. The highest BCUT2D eigenvalue weighted by molar-refractivity contribution is 6.29. The Morgan fingerprint density at radius 1 is 1.33 bits per heavy atom. The van der Waals surface area contributed by atoms with E-state index in [1.165, 1.54) is 31.5 Å². The number of pyridine rings is 1. The van der Waals surface area contributed by atoms with Gasteiger partial charge in [0.15, 0.2) is 5.96 Å². The Labute approximate surface area is 150 Å². The second-order valence-electron chi connectivity index (χ2n) is 6.45. The Balaban J connectivity index is 1.70. The normalized spacial score (nSPS) is 17.0. The van der Waals surface area contributed by atoms with E-state index in [4.69, 9.17) is 11.6 Å². The summed E-state index contributed by atoms with van der Waals surface area (Å²) in [6.07, 6.45) is 5.36. The minimum Gasteiger partial charge on any atom is -0.357 e. The van der Waals surface area contributed by atoms with Crippen molar-refractivity contribution in [1.29, 1.82) is 0 Å². The first-order valence-corrected chi connectivity index (χ1v) is 9.40. The average molecular weight is 352 g/mol. The third-order valence-electron chi connectivity index (χ3n) is 4.40. The topological polar surface area (TPSA) is 52.6 Å². The van der Waals surface area contributed by atoms with Gasteiger partial charge >= 0.3 is 0 Å². The van der Waals surface area contributed by atoms with Crippen LogP contribution in [0, 0.1) is 5.92 Å². The van der Waals surface area contributed by atoms with E-state index in [1.807, 2.05) is 18.3 Å². The van der Waals surface area contributed by atoms with E-state index in [1.54, 1.807) is 0 Å². The minimum absolute atomic E-state index is 0.536. The monoisotopic (exact) mass is 351 g/mol. The van der Waals surface area contributed by atoms with Crippen LogP contribution in [0.4, 0.5) is 0 Å². The molecule has 0 saturated carbocycles.